The van der Waals surface area contributed by atoms with E-state index in [-0.39, 0.29) is 12.4 Å². The number of aromatic nitrogens is 2. The van der Waals surface area contributed by atoms with Crippen LogP contribution in [-0.2, 0) is 0 Å². The van der Waals surface area contributed by atoms with Gasteiger partial charge in [-0.1, -0.05) is 6.42 Å². The number of hydrogen-bond donors (Lipinski definition) is 2. The summed E-state index contributed by atoms with van der Waals surface area (Å²) in [5.74, 6) is 0.907. The zero-order valence-electron chi connectivity index (χ0n) is 9.57. The standard InChI is InChI=1S/C11H18N4.ClH/c1-9-11(14-7-6-12-9)15-8-10-4-2-3-5-13-10;/h6-7,10,13H,2-5,8H2,1H3,(H,14,15);1H. The maximum absolute atomic E-state index is 4.26. The predicted octanol–water partition coefficient (Wildman–Crippen LogP) is 1.76. The summed E-state index contributed by atoms with van der Waals surface area (Å²) in [7, 11) is 0. The molecule has 1 aromatic rings. The van der Waals surface area contributed by atoms with E-state index < -0.39 is 0 Å². The minimum Gasteiger partial charge on any atom is -0.367 e. The number of aryl methyl sites for hydroxylation is 1. The summed E-state index contributed by atoms with van der Waals surface area (Å²) >= 11 is 0. The molecule has 1 saturated heterocycles. The summed E-state index contributed by atoms with van der Waals surface area (Å²) in [5, 5.41) is 6.84. The molecular formula is C11H19ClN4. The van der Waals surface area contributed by atoms with E-state index in [0.29, 0.717) is 6.04 Å². The highest BCUT2D eigenvalue weighted by molar-refractivity contribution is 5.85. The number of nitrogens with zero attached hydrogens (tertiary/aromatic N) is 2. The van der Waals surface area contributed by atoms with Crippen molar-refractivity contribution in [1.82, 2.24) is 15.3 Å². The average Bonchev–Trinajstić information content (AvgIpc) is 2.29. The van der Waals surface area contributed by atoms with Crippen LogP contribution in [0.5, 0.6) is 0 Å². The van der Waals surface area contributed by atoms with Gasteiger partial charge in [-0.3, -0.25) is 4.98 Å². The Morgan fingerprint density at radius 1 is 1.38 bits per heavy atom. The normalized spacial score (nSPS) is 19.9. The van der Waals surface area contributed by atoms with Crippen molar-refractivity contribution in [2.45, 2.75) is 32.2 Å². The lowest BCUT2D eigenvalue weighted by molar-refractivity contribution is 0.414. The highest BCUT2D eigenvalue weighted by Crippen LogP contribution is 2.10. The van der Waals surface area contributed by atoms with Crippen molar-refractivity contribution in [3.63, 3.8) is 0 Å². The lowest BCUT2D eigenvalue weighted by Crippen LogP contribution is -2.39. The van der Waals surface area contributed by atoms with Gasteiger partial charge in [0.25, 0.3) is 0 Å². The van der Waals surface area contributed by atoms with Crippen LogP contribution in [0.3, 0.4) is 0 Å². The summed E-state index contributed by atoms with van der Waals surface area (Å²) in [6, 6.07) is 0.583. The molecule has 1 aromatic heterocycles. The largest absolute Gasteiger partial charge is 0.367 e. The number of nitrogens with one attached hydrogen (secondary N) is 2. The minimum atomic E-state index is 0. The number of rotatable bonds is 3. The Morgan fingerprint density at radius 3 is 2.88 bits per heavy atom. The van der Waals surface area contributed by atoms with Crippen LogP contribution in [-0.4, -0.2) is 29.1 Å². The molecule has 1 unspecified atom stereocenters. The molecule has 0 aromatic carbocycles. The van der Waals surface area contributed by atoms with Gasteiger partial charge in [0.15, 0.2) is 0 Å². The van der Waals surface area contributed by atoms with Crippen molar-refractivity contribution in [2.75, 3.05) is 18.4 Å². The lowest BCUT2D eigenvalue weighted by Gasteiger charge is -2.23. The van der Waals surface area contributed by atoms with Crippen molar-refractivity contribution in [2.24, 2.45) is 0 Å². The first-order valence-corrected chi connectivity index (χ1v) is 5.61. The Labute approximate surface area is 103 Å². The van der Waals surface area contributed by atoms with Gasteiger partial charge in [-0.15, -0.1) is 12.4 Å². The van der Waals surface area contributed by atoms with E-state index in [9.17, 15) is 0 Å². The van der Waals surface area contributed by atoms with Crippen molar-refractivity contribution in [3.8, 4) is 0 Å². The average molecular weight is 243 g/mol. The third kappa shape index (κ3) is 3.61. The summed E-state index contributed by atoms with van der Waals surface area (Å²) < 4.78 is 0. The molecule has 1 aliphatic heterocycles. The fraction of sp³-hybridized carbons (Fsp3) is 0.636. The minimum absolute atomic E-state index is 0. The molecule has 0 spiro atoms. The maximum Gasteiger partial charge on any atom is 0.147 e. The van der Waals surface area contributed by atoms with Crippen molar-refractivity contribution in [1.29, 1.82) is 0 Å². The van der Waals surface area contributed by atoms with E-state index in [1.54, 1.807) is 12.4 Å². The predicted molar refractivity (Wildman–Crippen MR) is 68.1 cm³/mol. The number of halogens is 1. The second-order valence-electron chi connectivity index (χ2n) is 4.02. The first-order valence-electron chi connectivity index (χ1n) is 5.61. The fourth-order valence-corrected chi connectivity index (χ4v) is 1.90. The Hall–Kier alpha value is -0.870. The van der Waals surface area contributed by atoms with Crippen molar-refractivity contribution < 1.29 is 0 Å². The monoisotopic (exact) mass is 242 g/mol. The van der Waals surface area contributed by atoms with Gasteiger partial charge >= 0.3 is 0 Å². The third-order valence-corrected chi connectivity index (χ3v) is 2.81. The zero-order chi connectivity index (χ0) is 10.5. The Kier molecular flexibility index (Phi) is 5.49. The van der Waals surface area contributed by atoms with Crippen LogP contribution in [0.4, 0.5) is 5.82 Å². The molecule has 2 N–H and O–H groups in total. The van der Waals surface area contributed by atoms with Gasteiger partial charge in [0.2, 0.25) is 0 Å². The maximum atomic E-state index is 4.26. The second-order valence-corrected chi connectivity index (χ2v) is 4.02. The Bertz CT molecular complexity index is 313. The molecule has 16 heavy (non-hydrogen) atoms. The van der Waals surface area contributed by atoms with Gasteiger partial charge < -0.3 is 10.6 Å². The summed E-state index contributed by atoms with van der Waals surface area (Å²) in [6.07, 6.45) is 7.34. The van der Waals surface area contributed by atoms with Crippen molar-refractivity contribution >= 4 is 18.2 Å². The molecule has 90 valence electrons. The molecule has 0 aliphatic carbocycles. The first kappa shape index (κ1) is 13.2. The van der Waals surface area contributed by atoms with E-state index in [2.05, 4.69) is 20.6 Å². The smallest absolute Gasteiger partial charge is 0.147 e. The van der Waals surface area contributed by atoms with Crippen LogP contribution >= 0.6 is 12.4 Å². The quantitative estimate of drug-likeness (QED) is 0.848. The van der Waals surface area contributed by atoms with Crippen LogP contribution in [0.15, 0.2) is 12.4 Å². The molecule has 0 bridgehead atoms. The molecule has 0 amide bonds. The van der Waals surface area contributed by atoms with Crippen LogP contribution < -0.4 is 10.6 Å². The number of piperidine rings is 1. The Morgan fingerprint density at radius 2 is 2.19 bits per heavy atom. The first-order chi connectivity index (χ1) is 7.36. The SMILES string of the molecule is Cc1nccnc1NCC1CCCCN1.Cl. The second kappa shape index (κ2) is 6.66. The van der Waals surface area contributed by atoms with Gasteiger partial charge in [-0.05, 0) is 26.3 Å². The number of hydrogen-bond acceptors (Lipinski definition) is 4. The van der Waals surface area contributed by atoms with E-state index in [1.807, 2.05) is 6.92 Å². The van der Waals surface area contributed by atoms with E-state index >= 15 is 0 Å². The third-order valence-electron chi connectivity index (χ3n) is 2.81. The molecule has 4 nitrogen and oxygen atoms in total. The van der Waals surface area contributed by atoms with E-state index in [1.165, 1.54) is 19.3 Å². The zero-order valence-corrected chi connectivity index (χ0v) is 10.4. The molecule has 5 heteroatoms. The molecular weight excluding hydrogens is 224 g/mol. The van der Waals surface area contributed by atoms with Gasteiger partial charge in [-0.25, -0.2) is 4.98 Å². The van der Waals surface area contributed by atoms with Crippen LogP contribution in [0, 0.1) is 6.92 Å². The molecule has 2 rings (SSSR count). The summed E-state index contributed by atoms with van der Waals surface area (Å²) in [5.41, 5.74) is 0.966. The van der Waals surface area contributed by atoms with Gasteiger partial charge in [0, 0.05) is 25.0 Å². The van der Waals surface area contributed by atoms with E-state index in [0.717, 1.165) is 24.6 Å². The van der Waals surface area contributed by atoms with Crippen LogP contribution in [0.2, 0.25) is 0 Å². The fourth-order valence-electron chi connectivity index (χ4n) is 1.90. The van der Waals surface area contributed by atoms with Crippen LogP contribution in [0.1, 0.15) is 25.0 Å². The molecule has 1 aliphatic rings. The topological polar surface area (TPSA) is 49.8 Å². The van der Waals surface area contributed by atoms with E-state index in [4.69, 9.17) is 0 Å². The summed E-state index contributed by atoms with van der Waals surface area (Å²) in [6.45, 7) is 4.06. The lowest BCUT2D eigenvalue weighted by atomic mass is 10.1. The molecule has 2 heterocycles. The van der Waals surface area contributed by atoms with Crippen molar-refractivity contribution in [3.05, 3.63) is 18.1 Å². The van der Waals surface area contributed by atoms with Crippen LogP contribution in [0.25, 0.3) is 0 Å². The van der Waals surface area contributed by atoms with Gasteiger partial charge in [0.05, 0.1) is 5.69 Å². The molecule has 0 saturated carbocycles. The molecule has 1 atom stereocenters. The highest BCUT2D eigenvalue weighted by atomic mass is 35.5. The summed E-state index contributed by atoms with van der Waals surface area (Å²) in [4.78, 5) is 8.46. The number of anilines is 1. The Balaban J connectivity index is 0.00000128. The molecule has 1 fully saturated rings. The van der Waals surface area contributed by atoms with Gasteiger partial charge in [0.1, 0.15) is 5.82 Å². The van der Waals surface area contributed by atoms with Gasteiger partial charge in [-0.2, -0.15) is 0 Å². The molecule has 0 radical (unpaired) electrons. The highest BCUT2D eigenvalue weighted by Gasteiger charge is 2.12.